The van der Waals surface area contributed by atoms with Gasteiger partial charge in [0.2, 0.25) is 0 Å². The number of hydrogen-bond acceptors (Lipinski definition) is 4. The average molecular weight is 473 g/mol. The van der Waals surface area contributed by atoms with Gasteiger partial charge in [0.25, 0.3) is 5.91 Å². The zero-order valence-electron chi connectivity index (χ0n) is 18.9. The molecule has 5 rings (SSSR count). The molecule has 0 saturated carbocycles. The first-order valence-electron chi connectivity index (χ1n) is 10.8. The molecule has 1 N–H and O–H groups in total. The highest BCUT2D eigenvalue weighted by Crippen LogP contribution is 2.28. The lowest BCUT2D eigenvalue weighted by molar-refractivity contribution is -0.0498. The molecule has 0 radical (unpaired) electrons. The molecule has 176 valence electrons. The SMILES string of the molecule is Cc1cc(C)c(-n2ccc3ncc(-c4cccnc4)n32)cc1NC(=O)c1cccc(OC(F)F)c1. The van der Waals surface area contributed by atoms with Crippen molar-refractivity contribution >= 4 is 17.2 Å². The zero-order chi connectivity index (χ0) is 24.5. The van der Waals surface area contributed by atoms with Gasteiger partial charge in [0.15, 0.2) is 5.65 Å². The Bertz CT molecular complexity index is 1530. The summed E-state index contributed by atoms with van der Waals surface area (Å²) in [5.74, 6) is -0.509. The van der Waals surface area contributed by atoms with Gasteiger partial charge in [-0.3, -0.25) is 14.5 Å². The Morgan fingerprint density at radius 2 is 1.89 bits per heavy atom. The van der Waals surface area contributed by atoms with Crippen molar-refractivity contribution in [1.82, 2.24) is 19.2 Å². The Balaban J connectivity index is 1.52. The van der Waals surface area contributed by atoms with E-state index >= 15 is 0 Å². The minimum Gasteiger partial charge on any atom is -0.435 e. The van der Waals surface area contributed by atoms with Crippen LogP contribution in [0.4, 0.5) is 14.5 Å². The van der Waals surface area contributed by atoms with E-state index in [2.05, 4.69) is 20.0 Å². The van der Waals surface area contributed by atoms with Crippen molar-refractivity contribution in [1.29, 1.82) is 0 Å². The Morgan fingerprint density at radius 3 is 2.66 bits per heavy atom. The monoisotopic (exact) mass is 473 g/mol. The summed E-state index contributed by atoms with van der Waals surface area (Å²) in [6.07, 6.45) is 7.20. The van der Waals surface area contributed by atoms with Crippen LogP contribution in [-0.4, -0.2) is 31.7 Å². The smallest absolute Gasteiger partial charge is 0.387 e. The number of rotatable bonds is 6. The predicted octanol–water partition coefficient (Wildman–Crippen LogP) is 5.66. The summed E-state index contributed by atoms with van der Waals surface area (Å²) in [5.41, 5.74) is 6.08. The Labute approximate surface area is 199 Å². The maximum atomic E-state index is 12.9. The van der Waals surface area contributed by atoms with Crippen LogP contribution in [0.2, 0.25) is 0 Å². The molecule has 0 atom stereocenters. The first-order valence-corrected chi connectivity index (χ1v) is 10.8. The van der Waals surface area contributed by atoms with Gasteiger partial charge in [0.05, 0.1) is 17.6 Å². The maximum absolute atomic E-state index is 12.9. The predicted molar refractivity (Wildman–Crippen MR) is 128 cm³/mol. The molecule has 0 bridgehead atoms. The number of nitrogens with one attached hydrogen (secondary N) is 1. The number of aryl methyl sites for hydroxylation is 2. The first-order chi connectivity index (χ1) is 16.9. The molecule has 3 aromatic heterocycles. The van der Waals surface area contributed by atoms with E-state index in [0.717, 1.165) is 33.7 Å². The van der Waals surface area contributed by atoms with Crippen LogP contribution in [0.1, 0.15) is 21.5 Å². The van der Waals surface area contributed by atoms with Crippen molar-refractivity contribution in [3.05, 3.63) is 96.1 Å². The molecule has 2 aromatic carbocycles. The number of imidazole rings is 1. The van der Waals surface area contributed by atoms with Crippen LogP contribution in [0.5, 0.6) is 5.75 Å². The van der Waals surface area contributed by atoms with Crippen LogP contribution in [-0.2, 0) is 0 Å². The van der Waals surface area contributed by atoms with Gasteiger partial charge < -0.3 is 10.1 Å². The van der Waals surface area contributed by atoms with Gasteiger partial charge >= 0.3 is 6.61 Å². The van der Waals surface area contributed by atoms with Crippen molar-refractivity contribution in [3.63, 3.8) is 0 Å². The van der Waals surface area contributed by atoms with Crippen LogP contribution in [0, 0.1) is 13.8 Å². The topological polar surface area (TPSA) is 73.5 Å². The molecule has 0 unspecified atom stereocenters. The molecule has 1 amide bonds. The molecule has 0 aliphatic carbocycles. The number of carbonyl (C=O) groups excluding carboxylic acids is 1. The third-order valence-corrected chi connectivity index (χ3v) is 5.66. The van der Waals surface area contributed by atoms with Crippen molar-refractivity contribution in [2.75, 3.05) is 5.32 Å². The molecular formula is C26H21F2N5O2. The number of alkyl halides is 2. The number of pyridine rings is 1. The fourth-order valence-corrected chi connectivity index (χ4v) is 4.03. The number of carbonyl (C=O) groups is 1. The number of aromatic nitrogens is 4. The highest BCUT2D eigenvalue weighted by Gasteiger charge is 2.16. The molecule has 3 heterocycles. The summed E-state index contributed by atoms with van der Waals surface area (Å²) in [6, 6.07) is 15.3. The van der Waals surface area contributed by atoms with E-state index in [1.54, 1.807) is 24.7 Å². The van der Waals surface area contributed by atoms with Crippen molar-refractivity contribution in [2.24, 2.45) is 0 Å². The summed E-state index contributed by atoms with van der Waals surface area (Å²) >= 11 is 0. The highest BCUT2D eigenvalue weighted by atomic mass is 19.3. The molecule has 0 aliphatic rings. The highest BCUT2D eigenvalue weighted by molar-refractivity contribution is 6.05. The van der Waals surface area contributed by atoms with Crippen molar-refractivity contribution < 1.29 is 18.3 Å². The van der Waals surface area contributed by atoms with Gasteiger partial charge in [-0.25, -0.2) is 9.50 Å². The minimum atomic E-state index is -2.96. The first kappa shape index (κ1) is 22.3. The van der Waals surface area contributed by atoms with E-state index in [-0.39, 0.29) is 11.3 Å². The van der Waals surface area contributed by atoms with Crippen LogP contribution >= 0.6 is 0 Å². The number of halogens is 2. The summed E-state index contributed by atoms with van der Waals surface area (Å²) in [6.45, 7) is 0.922. The zero-order valence-corrected chi connectivity index (χ0v) is 18.9. The second kappa shape index (κ2) is 9.02. The Hall–Kier alpha value is -4.53. The Morgan fingerprint density at radius 1 is 1.03 bits per heavy atom. The fourth-order valence-electron chi connectivity index (χ4n) is 4.03. The van der Waals surface area contributed by atoms with Crippen LogP contribution in [0.3, 0.4) is 0 Å². The van der Waals surface area contributed by atoms with E-state index in [4.69, 9.17) is 0 Å². The number of fused-ring (bicyclic) bond motifs is 1. The third-order valence-electron chi connectivity index (χ3n) is 5.66. The molecule has 35 heavy (non-hydrogen) atoms. The quantitative estimate of drug-likeness (QED) is 0.346. The molecule has 0 fully saturated rings. The number of hydrogen-bond donors (Lipinski definition) is 1. The largest absolute Gasteiger partial charge is 0.435 e. The Kier molecular flexibility index (Phi) is 5.74. The summed E-state index contributed by atoms with van der Waals surface area (Å²) < 4.78 is 33.5. The van der Waals surface area contributed by atoms with E-state index in [9.17, 15) is 13.6 Å². The molecule has 5 aromatic rings. The number of amides is 1. The van der Waals surface area contributed by atoms with Gasteiger partial charge in [-0.2, -0.15) is 8.78 Å². The van der Waals surface area contributed by atoms with Gasteiger partial charge in [-0.1, -0.05) is 12.1 Å². The van der Waals surface area contributed by atoms with Gasteiger partial charge in [0, 0.05) is 41.5 Å². The van der Waals surface area contributed by atoms with Crippen LogP contribution < -0.4 is 10.1 Å². The van der Waals surface area contributed by atoms with Gasteiger partial charge in [-0.05, 0) is 61.4 Å². The van der Waals surface area contributed by atoms with Crippen molar-refractivity contribution in [3.8, 4) is 22.7 Å². The van der Waals surface area contributed by atoms with Gasteiger partial charge in [0.1, 0.15) is 5.75 Å². The maximum Gasteiger partial charge on any atom is 0.387 e. The van der Waals surface area contributed by atoms with Crippen LogP contribution in [0.25, 0.3) is 22.6 Å². The number of ether oxygens (including phenoxy) is 1. The van der Waals surface area contributed by atoms with E-state index in [0.29, 0.717) is 5.69 Å². The van der Waals surface area contributed by atoms with Crippen molar-refractivity contribution in [2.45, 2.75) is 20.5 Å². The van der Waals surface area contributed by atoms with Crippen LogP contribution in [0.15, 0.2) is 79.4 Å². The fraction of sp³-hybridized carbons (Fsp3) is 0.115. The standard InChI is InChI=1S/C26H21F2N5O2/c1-16-11-17(2)22(13-21(16)31-25(34)18-5-3-7-20(12-18)35-26(27)28)32-10-8-24-30-15-23(33(24)32)19-6-4-9-29-14-19/h3-15,26H,1-2H3,(H,31,34). The average Bonchev–Trinajstić information content (AvgIpc) is 3.44. The van der Waals surface area contributed by atoms with Gasteiger partial charge in [-0.15, -0.1) is 0 Å². The van der Waals surface area contributed by atoms with E-state index in [1.165, 1.54) is 18.2 Å². The second-order valence-electron chi connectivity index (χ2n) is 8.03. The normalized spacial score (nSPS) is 11.2. The molecule has 0 aliphatic heterocycles. The van der Waals surface area contributed by atoms with E-state index < -0.39 is 12.5 Å². The second-order valence-corrected chi connectivity index (χ2v) is 8.03. The molecular weight excluding hydrogens is 452 g/mol. The number of benzene rings is 2. The third kappa shape index (κ3) is 4.35. The lowest BCUT2D eigenvalue weighted by atomic mass is 10.1. The molecule has 0 saturated heterocycles. The summed E-state index contributed by atoms with van der Waals surface area (Å²) in [4.78, 5) is 21.6. The summed E-state index contributed by atoms with van der Waals surface area (Å²) in [7, 11) is 0. The number of anilines is 1. The molecule has 7 nitrogen and oxygen atoms in total. The lowest BCUT2D eigenvalue weighted by Crippen LogP contribution is -2.14. The molecule has 9 heteroatoms. The van der Waals surface area contributed by atoms with E-state index in [1.807, 2.05) is 59.6 Å². The summed E-state index contributed by atoms with van der Waals surface area (Å²) in [5, 5.41) is 2.89. The number of nitrogens with zero attached hydrogens (tertiary/aromatic N) is 4. The lowest BCUT2D eigenvalue weighted by Gasteiger charge is -2.16. The minimum absolute atomic E-state index is 0.0771. The molecule has 0 spiro atoms.